The number of hydrogen-bond acceptors (Lipinski definition) is 3. The second kappa shape index (κ2) is 6.70. The third-order valence-corrected chi connectivity index (χ3v) is 3.00. The van der Waals surface area contributed by atoms with Crippen molar-refractivity contribution in [2.45, 2.75) is 53.5 Å². The van der Waals surface area contributed by atoms with Crippen LogP contribution in [0, 0.1) is 19.8 Å². The predicted molar refractivity (Wildman–Crippen MR) is 72.0 cm³/mol. The second-order valence-electron chi connectivity index (χ2n) is 5.11. The Balaban J connectivity index is 2.84. The number of nitrogens with zero attached hydrogens (tertiary/aromatic N) is 2. The van der Waals surface area contributed by atoms with Crippen LogP contribution in [0.3, 0.4) is 0 Å². The van der Waals surface area contributed by atoms with Crippen LogP contribution in [0.2, 0.25) is 0 Å². The lowest BCUT2D eigenvalue weighted by molar-refractivity contribution is 0.445. The molecule has 1 heterocycles. The van der Waals surface area contributed by atoms with Gasteiger partial charge in [0.2, 0.25) is 0 Å². The maximum absolute atomic E-state index is 4.22. The highest BCUT2D eigenvalue weighted by molar-refractivity contribution is 5.23. The zero-order valence-corrected chi connectivity index (χ0v) is 11.7. The van der Waals surface area contributed by atoms with Gasteiger partial charge in [0.25, 0.3) is 0 Å². The van der Waals surface area contributed by atoms with E-state index in [1.807, 2.05) is 13.8 Å². The van der Waals surface area contributed by atoms with Crippen LogP contribution in [-0.2, 0) is 0 Å². The lowest BCUT2D eigenvalue weighted by Crippen LogP contribution is -2.23. The molecule has 0 fully saturated rings. The standard InChI is InChI=1S/C14H25N3/c1-6-15-14(8-7-10(2)3)13-9-11(4)16-17-12(13)5/h9-10,14-15H,6-8H2,1-5H3. The number of aromatic nitrogens is 2. The van der Waals surface area contributed by atoms with Crippen LogP contribution in [0.1, 0.15) is 56.6 Å². The van der Waals surface area contributed by atoms with Gasteiger partial charge in [-0.15, -0.1) is 0 Å². The molecule has 1 atom stereocenters. The van der Waals surface area contributed by atoms with Gasteiger partial charge in [0.1, 0.15) is 0 Å². The van der Waals surface area contributed by atoms with Gasteiger partial charge in [-0.05, 0) is 50.8 Å². The van der Waals surface area contributed by atoms with Gasteiger partial charge in [0.15, 0.2) is 0 Å². The molecule has 17 heavy (non-hydrogen) atoms. The highest BCUT2D eigenvalue weighted by Crippen LogP contribution is 2.23. The molecule has 3 nitrogen and oxygen atoms in total. The van der Waals surface area contributed by atoms with E-state index in [1.54, 1.807) is 0 Å². The average molecular weight is 235 g/mol. The van der Waals surface area contributed by atoms with Crippen molar-refractivity contribution in [3.05, 3.63) is 23.0 Å². The van der Waals surface area contributed by atoms with E-state index in [-0.39, 0.29) is 0 Å². The summed E-state index contributed by atoms with van der Waals surface area (Å²) in [6, 6.07) is 2.58. The van der Waals surface area contributed by atoms with E-state index in [4.69, 9.17) is 0 Å². The average Bonchev–Trinajstić information content (AvgIpc) is 2.27. The summed E-state index contributed by atoms with van der Waals surface area (Å²) in [5.74, 6) is 0.743. The molecule has 0 aromatic carbocycles. The topological polar surface area (TPSA) is 37.8 Å². The molecule has 0 saturated heterocycles. The van der Waals surface area contributed by atoms with Crippen LogP contribution in [0.15, 0.2) is 6.07 Å². The maximum atomic E-state index is 4.22. The first-order valence-electron chi connectivity index (χ1n) is 6.58. The summed E-state index contributed by atoms with van der Waals surface area (Å²) in [7, 11) is 0. The molecule has 1 aromatic rings. The van der Waals surface area contributed by atoms with Crippen molar-refractivity contribution in [2.75, 3.05) is 6.54 Å². The molecule has 1 aromatic heterocycles. The Labute approximate surface area is 105 Å². The van der Waals surface area contributed by atoms with E-state index in [1.165, 1.54) is 12.0 Å². The molecule has 0 aliphatic rings. The first-order valence-corrected chi connectivity index (χ1v) is 6.58. The fourth-order valence-electron chi connectivity index (χ4n) is 2.04. The number of aryl methyl sites for hydroxylation is 2. The van der Waals surface area contributed by atoms with E-state index in [2.05, 4.69) is 42.4 Å². The van der Waals surface area contributed by atoms with Crippen LogP contribution in [0.4, 0.5) is 0 Å². The first kappa shape index (κ1) is 14.1. The van der Waals surface area contributed by atoms with Crippen LogP contribution in [-0.4, -0.2) is 16.7 Å². The highest BCUT2D eigenvalue weighted by Gasteiger charge is 2.14. The van der Waals surface area contributed by atoms with Gasteiger partial charge in [-0.3, -0.25) is 0 Å². The van der Waals surface area contributed by atoms with Gasteiger partial charge < -0.3 is 5.32 Å². The van der Waals surface area contributed by atoms with Crippen molar-refractivity contribution in [2.24, 2.45) is 5.92 Å². The van der Waals surface area contributed by atoms with Crippen molar-refractivity contribution in [3.8, 4) is 0 Å². The quantitative estimate of drug-likeness (QED) is 0.823. The summed E-state index contributed by atoms with van der Waals surface area (Å²) in [6.45, 7) is 11.7. The number of nitrogens with one attached hydrogen (secondary N) is 1. The first-order chi connectivity index (χ1) is 8.04. The van der Waals surface area contributed by atoms with Gasteiger partial charge in [-0.25, -0.2) is 0 Å². The van der Waals surface area contributed by atoms with Crippen molar-refractivity contribution in [1.82, 2.24) is 15.5 Å². The van der Waals surface area contributed by atoms with Crippen LogP contribution in [0.25, 0.3) is 0 Å². The number of hydrogen-bond donors (Lipinski definition) is 1. The molecule has 0 saturated carbocycles. The van der Waals surface area contributed by atoms with E-state index in [0.717, 1.165) is 30.3 Å². The zero-order valence-electron chi connectivity index (χ0n) is 11.7. The van der Waals surface area contributed by atoms with Crippen LogP contribution in [0.5, 0.6) is 0 Å². The molecule has 0 spiro atoms. The Morgan fingerprint density at radius 2 is 1.88 bits per heavy atom. The van der Waals surface area contributed by atoms with E-state index in [0.29, 0.717) is 6.04 Å². The predicted octanol–water partition coefficient (Wildman–Crippen LogP) is 3.18. The molecule has 3 heteroatoms. The SMILES string of the molecule is CCNC(CCC(C)C)c1cc(C)nnc1C. The van der Waals surface area contributed by atoms with Gasteiger partial charge in [-0.1, -0.05) is 20.8 Å². The van der Waals surface area contributed by atoms with Crippen LogP contribution < -0.4 is 5.32 Å². The molecule has 1 N–H and O–H groups in total. The summed E-state index contributed by atoms with van der Waals surface area (Å²) in [6.07, 6.45) is 2.40. The molecule has 0 radical (unpaired) electrons. The molecule has 0 aliphatic carbocycles. The molecule has 0 bridgehead atoms. The van der Waals surface area contributed by atoms with Gasteiger partial charge in [-0.2, -0.15) is 10.2 Å². The lowest BCUT2D eigenvalue weighted by atomic mass is 9.96. The molecular weight excluding hydrogens is 210 g/mol. The van der Waals surface area contributed by atoms with Crippen molar-refractivity contribution < 1.29 is 0 Å². The highest BCUT2D eigenvalue weighted by atomic mass is 15.1. The molecule has 1 rings (SSSR count). The summed E-state index contributed by atoms with van der Waals surface area (Å²) in [5, 5.41) is 11.9. The smallest absolute Gasteiger partial charge is 0.0648 e. The third kappa shape index (κ3) is 4.43. The minimum absolute atomic E-state index is 0.414. The second-order valence-corrected chi connectivity index (χ2v) is 5.11. The van der Waals surface area contributed by atoms with Gasteiger partial charge in [0.05, 0.1) is 11.4 Å². The molecular formula is C14H25N3. The van der Waals surface area contributed by atoms with Crippen molar-refractivity contribution in [3.63, 3.8) is 0 Å². The Kier molecular flexibility index (Phi) is 5.56. The largest absolute Gasteiger partial charge is 0.310 e. The normalized spacial score (nSPS) is 13.1. The summed E-state index contributed by atoms with van der Waals surface area (Å²) >= 11 is 0. The van der Waals surface area contributed by atoms with Crippen molar-refractivity contribution >= 4 is 0 Å². The molecule has 0 amide bonds. The van der Waals surface area contributed by atoms with E-state index >= 15 is 0 Å². The zero-order chi connectivity index (χ0) is 12.8. The minimum atomic E-state index is 0.414. The Morgan fingerprint density at radius 1 is 1.18 bits per heavy atom. The van der Waals surface area contributed by atoms with E-state index in [9.17, 15) is 0 Å². The summed E-state index contributed by atoms with van der Waals surface area (Å²) < 4.78 is 0. The Hall–Kier alpha value is -0.960. The lowest BCUT2D eigenvalue weighted by Gasteiger charge is -2.20. The fourth-order valence-corrected chi connectivity index (χ4v) is 2.04. The molecule has 1 unspecified atom stereocenters. The van der Waals surface area contributed by atoms with Gasteiger partial charge >= 0.3 is 0 Å². The summed E-state index contributed by atoms with van der Waals surface area (Å²) in [5.41, 5.74) is 3.35. The van der Waals surface area contributed by atoms with E-state index < -0.39 is 0 Å². The Bertz CT molecular complexity index is 347. The molecule has 0 aliphatic heterocycles. The summed E-state index contributed by atoms with van der Waals surface area (Å²) in [4.78, 5) is 0. The third-order valence-electron chi connectivity index (χ3n) is 3.00. The Morgan fingerprint density at radius 3 is 2.47 bits per heavy atom. The van der Waals surface area contributed by atoms with Gasteiger partial charge in [0, 0.05) is 6.04 Å². The van der Waals surface area contributed by atoms with Crippen molar-refractivity contribution in [1.29, 1.82) is 0 Å². The minimum Gasteiger partial charge on any atom is -0.310 e. The maximum Gasteiger partial charge on any atom is 0.0648 e. The van der Waals surface area contributed by atoms with Crippen LogP contribution >= 0.6 is 0 Å². The number of rotatable bonds is 6. The monoisotopic (exact) mass is 235 g/mol. The fraction of sp³-hybridized carbons (Fsp3) is 0.714. The molecule has 96 valence electrons.